The number of anilines is 1. The van der Waals surface area contributed by atoms with Crippen LogP contribution in [0.15, 0.2) is 30.3 Å². The molecule has 0 radical (unpaired) electrons. The number of methoxy groups -OCH3 is 3. The Bertz CT molecular complexity index is 1220. The summed E-state index contributed by atoms with van der Waals surface area (Å²) in [5.74, 6) is 3.14. The number of ether oxygens (including phenoxy) is 3. The Labute approximate surface area is 203 Å². The van der Waals surface area contributed by atoms with Crippen molar-refractivity contribution in [3.05, 3.63) is 35.9 Å². The van der Waals surface area contributed by atoms with Crippen LogP contribution in [0.5, 0.6) is 17.2 Å². The normalized spacial score (nSPS) is 16.8. The maximum Gasteiger partial charge on any atom is 0.226 e. The zero-order chi connectivity index (χ0) is 24.4. The Balaban J connectivity index is 1.23. The van der Waals surface area contributed by atoms with Gasteiger partial charge >= 0.3 is 0 Å². The maximum atomic E-state index is 13.3. The number of tetrazole rings is 1. The summed E-state index contributed by atoms with van der Waals surface area (Å²) in [7, 11) is 4.89. The minimum atomic E-state index is 0.0167. The van der Waals surface area contributed by atoms with Crippen LogP contribution in [0.25, 0.3) is 11.2 Å². The van der Waals surface area contributed by atoms with Gasteiger partial charge in [-0.3, -0.25) is 4.79 Å². The number of fused-ring (bicyclic) bond motifs is 1. The summed E-state index contributed by atoms with van der Waals surface area (Å²) >= 11 is 0. The minimum absolute atomic E-state index is 0.0167. The number of carbonyl (C=O) groups excluding carboxylic acids is 1. The van der Waals surface area contributed by atoms with Crippen LogP contribution in [-0.4, -0.2) is 83.6 Å². The van der Waals surface area contributed by atoms with Crippen LogP contribution in [0.4, 0.5) is 5.82 Å². The van der Waals surface area contributed by atoms with Crippen molar-refractivity contribution in [1.29, 1.82) is 0 Å². The van der Waals surface area contributed by atoms with Gasteiger partial charge in [-0.2, -0.15) is 0 Å². The number of aromatic nitrogens is 5. The van der Waals surface area contributed by atoms with Gasteiger partial charge in [-0.15, -0.1) is 14.8 Å². The summed E-state index contributed by atoms with van der Waals surface area (Å²) in [5, 5.41) is 15.9. The van der Waals surface area contributed by atoms with Crippen molar-refractivity contribution in [1.82, 2.24) is 30.2 Å². The van der Waals surface area contributed by atoms with Gasteiger partial charge in [0.05, 0.1) is 26.9 Å². The molecule has 11 nitrogen and oxygen atoms in total. The lowest BCUT2D eigenvalue weighted by Crippen LogP contribution is -2.44. The fourth-order valence-electron chi connectivity index (χ4n) is 4.84. The second-order valence-corrected chi connectivity index (χ2v) is 8.65. The molecule has 0 aliphatic carbocycles. The first kappa shape index (κ1) is 22.9. The summed E-state index contributed by atoms with van der Waals surface area (Å²) in [4.78, 5) is 17.4. The molecule has 11 heteroatoms. The van der Waals surface area contributed by atoms with Crippen molar-refractivity contribution >= 4 is 22.9 Å². The molecule has 1 saturated heterocycles. The van der Waals surface area contributed by atoms with Crippen LogP contribution in [0.1, 0.15) is 24.8 Å². The molecule has 5 rings (SSSR count). The van der Waals surface area contributed by atoms with Crippen molar-refractivity contribution < 1.29 is 19.0 Å². The number of amides is 1. The first-order chi connectivity index (χ1) is 17.1. The SMILES string of the molecule is COc1cc(OC)c(C2=CCN(C(=O)C3CCN(c4ccc5nnnn5n4)CC3)CC2)c(OC)c1. The largest absolute Gasteiger partial charge is 0.496 e. The van der Waals surface area contributed by atoms with E-state index in [2.05, 4.69) is 31.6 Å². The molecule has 3 aromatic rings. The van der Waals surface area contributed by atoms with Gasteiger partial charge in [0.1, 0.15) is 17.2 Å². The van der Waals surface area contributed by atoms with Crippen molar-refractivity contribution in [3.63, 3.8) is 0 Å². The lowest BCUT2D eigenvalue weighted by molar-refractivity contribution is -0.135. The van der Waals surface area contributed by atoms with Crippen molar-refractivity contribution in [2.24, 2.45) is 5.92 Å². The van der Waals surface area contributed by atoms with Gasteiger partial charge in [0.25, 0.3) is 0 Å². The Morgan fingerprint density at radius 1 is 1.00 bits per heavy atom. The van der Waals surface area contributed by atoms with E-state index in [1.807, 2.05) is 29.2 Å². The average Bonchev–Trinajstić information content (AvgIpc) is 3.40. The fraction of sp³-hybridized carbons (Fsp3) is 0.458. The van der Waals surface area contributed by atoms with Gasteiger partial charge in [0.15, 0.2) is 11.5 Å². The maximum absolute atomic E-state index is 13.3. The average molecular weight is 480 g/mol. The predicted octanol–water partition coefficient (Wildman–Crippen LogP) is 2.08. The highest BCUT2D eigenvalue weighted by Crippen LogP contribution is 2.41. The molecule has 2 aromatic heterocycles. The van der Waals surface area contributed by atoms with Gasteiger partial charge in [-0.1, -0.05) is 6.08 Å². The van der Waals surface area contributed by atoms with Crippen LogP contribution in [0.3, 0.4) is 0 Å². The molecule has 0 N–H and O–H groups in total. The highest BCUT2D eigenvalue weighted by atomic mass is 16.5. The lowest BCUT2D eigenvalue weighted by Gasteiger charge is -2.35. The standard InChI is InChI=1S/C24H29N7O4/c1-33-18-14-19(34-2)23(20(15-18)35-3)16-6-12-30(13-7-16)24(32)17-8-10-29(11-9-17)22-5-4-21-25-27-28-31(21)26-22/h4-6,14-15,17H,7-13H2,1-3H3. The molecular formula is C24H29N7O4. The van der Waals surface area contributed by atoms with Gasteiger partial charge in [-0.05, 0) is 47.4 Å². The molecule has 1 amide bonds. The zero-order valence-corrected chi connectivity index (χ0v) is 20.2. The molecular weight excluding hydrogens is 450 g/mol. The Hall–Kier alpha value is -3.89. The molecule has 0 spiro atoms. The summed E-state index contributed by atoms with van der Waals surface area (Å²) in [6, 6.07) is 7.49. The number of hydrogen-bond acceptors (Lipinski definition) is 9. The molecule has 0 unspecified atom stereocenters. The number of nitrogens with zero attached hydrogens (tertiary/aromatic N) is 7. The van der Waals surface area contributed by atoms with E-state index in [1.165, 1.54) is 4.63 Å². The van der Waals surface area contributed by atoms with E-state index < -0.39 is 0 Å². The molecule has 0 bridgehead atoms. The summed E-state index contributed by atoms with van der Waals surface area (Å²) in [6.45, 7) is 2.78. The number of carbonyl (C=O) groups is 1. The van der Waals surface area contributed by atoms with Crippen molar-refractivity contribution in [2.75, 3.05) is 52.4 Å². The Morgan fingerprint density at radius 2 is 1.74 bits per heavy atom. The predicted molar refractivity (Wildman–Crippen MR) is 129 cm³/mol. The van der Waals surface area contributed by atoms with E-state index in [9.17, 15) is 4.79 Å². The molecule has 2 aliphatic heterocycles. The van der Waals surface area contributed by atoms with E-state index in [1.54, 1.807) is 21.3 Å². The van der Waals surface area contributed by atoms with E-state index in [0.717, 1.165) is 49.3 Å². The number of hydrogen-bond donors (Lipinski definition) is 0. The lowest BCUT2D eigenvalue weighted by atomic mass is 9.93. The first-order valence-corrected chi connectivity index (χ1v) is 11.7. The van der Waals surface area contributed by atoms with Crippen molar-refractivity contribution in [3.8, 4) is 17.2 Å². The molecule has 1 aromatic carbocycles. The second-order valence-electron chi connectivity index (χ2n) is 8.65. The van der Waals surface area contributed by atoms with Gasteiger partial charge in [0.2, 0.25) is 5.91 Å². The second kappa shape index (κ2) is 9.77. The van der Waals surface area contributed by atoms with Gasteiger partial charge in [0, 0.05) is 44.2 Å². The summed E-state index contributed by atoms with van der Waals surface area (Å²) < 4.78 is 18.0. The molecule has 4 heterocycles. The zero-order valence-electron chi connectivity index (χ0n) is 20.2. The van der Waals surface area contributed by atoms with E-state index in [4.69, 9.17) is 14.2 Å². The number of piperidine rings is 1. The van der Waals surface area contributed by atoms with Crippen LogP contribution < -0.4 is 19.1 Å². The third kappa shape index (κ3) is 4.45. The monoisotopic (exact) mass is 479 g/mol. The van der Waals surface area contributed by atoms with Crippen LogP contribution >= 0.6 is 0 Å². The molecule has 35 heavy (non-hydrogen) atoms. The molecule has 184 valence electrons. The highest BCUT2D eigenvalue weighted by Gasteiger charge is 2.31. The van der Waals surface area contributed by atoms with Crippen LogP contribution in [0.2, 0.25) is 0 Å². The molecule has 2 aliphatic rings. The van der Waals surface area contributed by atoms with E-state index in [0.29, 0.717) is 36.0 Å². The summed E-state index contributed by atoms with van der Waals surface area (Å²) in [5.41, 5.74) is 2.65. The fourth-order valence-corrected chi connectivity index (χ4v) is 4.84. The smallest absolute Gasteiger partial charge is 0.226 e. The number of benzene rings is 1. The van der Waals surface area contributed by atoms with Gasteiger partial charge < -0.3 is 24.0 Å². The molecule has 1 fully saturated rings. The van der Waals surface area contributed by atoms with Crippen LogP contribution in [-0.2, 0) is 4.79 Å². The third-order valence-electron chi connectivity index (χ3n) is 6.78. The van der Waals surface area contributed by atoms with Crippen molar-refractivity contribution in [2.45, 2.75) is 19.3 Å². The minimum Gasteiger partial charge on any atom is -0.496 e. The quantitative estimate of drug-likeness (QED) is 0.525. The van der Waals surface area contributed by atoms with Gasteiger partial charge in [-0.25, -0.2) is 0 Å². The molecule has 0 saturated carbocycles. The molecule has 0 atom stereocenters. The highest BCUT2D eigenvalue weighted by molar-refractivity contribution is 5.82. The topological polar surface area (TPSA) is 107 Å². The Morgan fingerprint density at radius 3 is 2.37 bits per heavy atom. The Kier molecular flexibility index (Phi) is 6.39. The van der Waals surface area contributed by atoms with E-state index in [-0.39, 0.29) is 11.8 Å². The third-order valence-corrected chi connectivity index (χ3v) is 6.78. The van der Waals surface area contributed by atoms with Crippen LogP contribution in [0, 0.1) is 5.92 Å². The van der Waals surface area contributed by atoms with E-state index >= 15 is 0 Å². The summed E-state index contributed by atoms with van der Waals surface area (Å²) in [6.07, 6.45) is 4.43. The first-order valence-electron chi connectivity index (χ1n) is 11.7. The number of rotatable bonds is 6.